The fourth-order valence-electron chi connectivity index (χ4n) is 4.98. The largest absolute Gasteiger partial charge is 0.366 e. The quantitative estimate of drug-likeness (QED) is 0.746. The van der Waals surface area contributed by atoms with Crippen molar-refractivity contribution in [2.45, 2.75) is 37.9 Å². The molecule has 2 aromatic rings. The van der Waals surface area contributed by atoms with Gasteiger partial charge in [0, 0.05) is 42.7 Å². The predicted molar refractivity (Wildman–Crippen MR) is 107 cm³/mol. The van der Waals surface area contributed by atoms with Crippen molar-refractivity contribution in [1.82, 2.24) is 14.8 Å². The number of urea groups is 1. The zero-order chi connectivity index (χ0) is 22.1. The second-order valence-corrected chi connectivity index (χ2v) is 8.89. The van der Waals surface area contributed by atoms with E-state index in [1.165, 1.54) is 18.2 Å². The number of nitrogens with two attached hydrogens (primary N) is 1. The van der Waals surface area contributed by atoms with Gasteiger partial charge in [-0.05, 0) is 30.5 Å². The Kier molecular flexibility index (Phi) is 4.51. The fraction of sp³-hybridized carbons (Fsp3) is 0.429. The molecule has 3 aliphatic rings. The van der Waals surface area contributed by atoms with Gasteiger partial charge in [0.1, 0.15) is 5.82 Å². The molecule has 0 radical (unpaired) electrons. The topological polar surface area (TPSA) is 80.4 Å². The van der Waals surface area contributed by atoms with Gasteiger partial charge in [-0.15, -0.1) is 0 Å². The van der Waals surface area contributed by atoms with E-state index >= 15 is 0 Å². The molecule has 1 aromatic carbocycles. The lowest BCUT2D eigenvalue weighted by atomic mass is 10.0. The standard InChI is InChI=1S/C21H20ClF3N4O2/c22-15-5-10(1-2-16(15)23)12-8-28-3-4-29(9-17(28)18(12)19(26)30)20(31)27-11-6-13-14(7-11)21(13,24)25/h1-2,5,8,11,13-14H,3-4,6-7,9H2,(H2,26,30)(H,27,31). The number of benzene rings is 1. The van der Waals surface area contributed by atoms with Gasteiger partial charge in [-0.3, -0.25) is 4.79 Å². The molecule has 2 atom stereocenters. The smallest absolute Gasteiger partial charge is 0.318 e. The summed E-state index contributed by atoms with van der Waals surface area (Å²) in [5.41, 5.74) is 7.53. The summed E-state index contributed by atoms with van der Waals surface area (Å²) in [4.78, 5) is 26.5. The number of hydrogen-bond acceptors (Lipinski definition) is 2. The van der Waals surface area contributed by atoms with Gasteiger partial charge < -0.3 is 20.5 Å². The van der Waals surface area contributed by atoms with E-state index in [1.54, 1.807) is 11.1 Å². The van der Waals surface area contributed by atoms with E-state index in [0.29, 0.717) is 29.9 Å². The number of hydrogen-bond donors (Lipinski definition) is 2. The van der Waals surface area contributed by atoms with Crippen molar-refractivity contribution in [1.29, 1.82) is 0 Å². The van der Waals surface area contributed by atoms with E-state index in [4.69, 9.17) is 17.3 Å². The number of aromatic nitrogens is 1. The lowest BCUT2D eigenvalue weighted by Gasteiger charge is -2.30. The van der Waals surface area contributed by atoms with Crippen LogP contribution in [0.15, 0.2) is 24.4 Å². The molecule has 6 nitrogen and oxygen atoms in total. The molecule has 1 aromatic heterocycles. The molecule has 2 saturated carbocycles. The molecule has 3 amide bonds. The van der Waals surface area contributed by atoms with Gasteiger partial charge in [0.15, 0.2) is 0 Å². The molecule has 3 N–H and O–H groups in total. The van der Waals surface area contributed by atoms with Crippen molar-refractivity contribution in [3.05, 3.63) is 46.5 Å². The Morgan fingerprint density at radius 1 is 1.19 bits per heavy atom. The maximum Gasteiger partial charge on any atom is 0.318 e. The van der Waals surface area contributed by atoms with Crippen LogP contribution in [-0.2, 0) is 13.1 Å². The van der Waals surface area contributed by atoms with E-state index in [0.717, 1.165) is 0 Å². The second kappa shape index (κ2) is 6.91. The van der Waals surface area contributed by atoms with Crippen LogP contribution in [0.4, 0.5) is 18.0 Å². The molecule has 31 heavy (non-hydrogen) atoms. The maximum atomic E-state index is 13.6. The first-order chi connectivity index (χ1) is 14.7. The highest BCUT2D eigenvalue weighted by Crippen LogP contribution is 2.64. The normalized spacial score (nSPS) is 25.7. The molecular weight excluding hydrogens is 433 g/mol. The third-order valence-corrected chi connectivity index (χ3v) is 6.96. The van der Waals surface area contributed by atoms with Gasteiger partial charge in [0.25, 0.3) is 11.8 Å². The number of carbonyl (C=O) groups excluding carboxylic acids is 2. The van der Waals surface area contributed by atoms with Crippen LogP contribution in [0.3, 0.4) is 0 Å². The van der Waals surface area contributed by atoms with Crippen LogP contribution < -0.4 is 11.1 Å². The van der Waals surface area contributed by atoms with E-state index in [2.05, 4.69) is 5.32 Å². The van der Waals surface area contributed by atoms with Gasteiger partial charge in [0.05, 0.1) is 22.8 Å². The van der Waals surface area contributed by atoms with Crippen LogP contribution in [0.25, 0.3) is 11.1 Å². The van der Waals surface area contributed by atoms with Crippen LogP contribution in [0.1, 0.15) is 28.9 Å². The third-order valence-electron chi connectivity index (χ3n) is 6.68. The van der Waals surface area contributed by atoms with Crippen molar-refractivity contribution in [3.8, 4) is 11.1 Å². The molecule has 10 heteroatoms. The Bertz CT molecular complexity index is 1090. The SMILES string of the molecule is NC(=O)c1c(-c2ccc(F)c(Cl)c2)cn2c1CN(C(=O)NC1CC3C(C1)C3(F)F)CC2. The van der Waals surface area contributed by atoms with E-state index < -0.39 is 29.5 Å². The highest BCUT2D eigenvalue weighted by Gasteiger charge is 2.71. The van der Waals surface area contributed by atoms with Gasteiger partial charge in [-0.2, -0.15) is 0 Å². The molecule has 5 rings (SSSR count). The van der Waals surface area contributed by atoms with Crippen molar-refractivity contribution in [3.63, 3.8) is 0 Å². The molecule has 2 aliphatic carbocycles. The first-order valence-corrected chi connectivity index (χ1v) is 10.4. The molecule has 164 valence electrons. The minimum atomic E-state index is -2.58. The summed E-state index contributed by atoms with van der Waals surface area (Å²) in [6, 6.07) is 3.55. The summed E-state index contributed by atoms with van der Waals surface area (Å²) in [6.07, 6.45) is 2.33. The number of alkyl halides is 2. The molecular formula is C21H20ClF3N4O2. The van der Waals surface area contributed by atoms with Crippen LogP contribution in [-0.4, -0.2) is 39.9 Å². The summed E-state index contributed by atoms with van der Waals surface area (Å²) < 4.78 is 42.2. The summed E-state index contributed by atoms with van der Waals surface area (Å²) in [6.45, 7) is 0.978. The van der Waals surface area contributed by atoms with Crippen LogP contribution in [0, 0.1) is 17.7 Å². The van der Waals surface area contributed by atoms with Gasteiger partial charge in [-0.25, -0.2) is 18.0 Å². The van der Waals surface area contributed by atoms with Gasteiger partial charge >= 0.3 is 6.03 Å². The molecule has 2 unspecified atom stereocenters. The Morgan fingerprint density at radius 3 is 2.55 bits per heavy atom. The minimum Gasteiger partial charge on any atom is -0.366 e. The highest BCUT2D eigenvalue weighted by atomic mass is 35.5. The van der Waals surface area contributed by atoms with Crippen LogP contribution in [0.2, 0.25) is 5.02 Å². The summed E-state index contributed by atoms with van der Waals surface area (Å²) in [5, 5.41) is 2.78. The molecule has 0 spiro atoms. The van der Waals surface area contributed by atoms with Crippen molar-refractivity contribution in [2.24, 2.45) is 17.6 Å². The monoisotopic (exact) mass is 452 g/mol. The summed E-state index contributed by atoms with van der Waals surface area (Å²) in [7, 11) is 0. The number of nitrogens with zero attached hydrogens (tertiary/aromatic N) is 2. The first-order valence-electron chi connectivity index (χ1n) is 10.1. The number of halogens is 4. The zero-order valence-corrected chi connectivity index (χ0v) is 17.1. The Balaban J connectivity index is 1.35. The molecule has 2 heterocycles. The van der Waals surface area contributed by atoms with Crippen LogP contribution >= 0.6 is 11.6 Å². The summed E-state index contributed by atoms with van der Waals surface area (Å²) in [5.74, 6) is -5.06. The highest BCUT2D eigenvalue weighted by molar-refractivity contribution is 6.31. The third kappa shape index (κ3) is 3.26. The Hall–Kier alpha value is -2.68. The number of primary amides is 1. The molecule has 0 saturated heterocycles. The predicted octanol–water partition coefficient (Wildman–Crippen LogP) is 3.62. The van der Waals surface area contributed by atoms with Crippen molar-refractivity contribution in [2.75, 3.05) is 6.54 Å². The number of fused-ring (bicyclic) bond motifs is 2. The lowest BCUT2D eigenvalue weighted by molar-refractivity contribution is 0.0672. The minimum absolute atomic E-state index is 0.0710. The Labute approximate surface area is 181 Å². The average molecular weight is 453 g/mol. The average Bonchev–Trinajstić information content (AvgIpc) is 3.11. The van der Waals surface area contributed by atoms with Crippen molar-refractivity contribution < 1.29 is 22.8 Å². The fourth-order valence-corrected chi connectivity index (χ4v) is 5.16. The van der Waals surface area contributed by atoms with Gasteiger partial charge in [-0.1, -0.05) is 17.7 Å². The van der Waals surface area contributed by atoms with E-state index in [9.17, 15) is 22.8 Å². The van der Waals surface area contributed by atoms with Gasteiger partial charge in [0.2, 0.25) is 0 Å². The Morgan fingerprint density at radius 2 is 1.90 bits per heavy atom. The van der Waals surface area contributed by atoms with Crippen LogP contribution in [0.5, 0.6) is 0 Å². The summed E-state index contributed by atoms with van der Waals surface area (Å²) >= 11 is 5.89. The maximum absolute atomic E-state index is 13.6. The molecule has 1 aliphatic heterocycles. The number of rotatable bonds is 3. The molecule has 0 bridgehead atoms. The zero-order valence-electron chi connectivity index (χ0n) is 16.4. The number of amides is 3. The number of carbonyl (C=O) groups is 2. The molecule has 2 fully saturated rings. The lowest BCUT2D eigenvalue weighted by Crippen LogP contribution is -2.47. The van der Waals surface area contributed by atoms with Crippen molar-refractivity contribution >= 4 is 23.5 Å². The van der Waals surface area contributed by atoms with E-state index in [-0.39, 0.29) is 42.0 Å². The first kappa shape index (κ1) is 20.2. The second-order valence-electron chi connectivity index (χ2n) is 8.48. The number of nitrogens with one attached hydrogen (secondary N) is 1. The van der Waals surface area contributed by atoms with E-state index in [1.807, 2.05) is 4.57 Å².